The summed E-state index contributed by atoms with van der Waals surface area (Å²) >= 11 is 0. The Morgan fingerprint density at radius 1 is 1.12 bits per heavy atom. The Morgan fingerprint density at radius 3 is 2.63 bits per heavy atom. The molecule has 3 aliphatic rings. The fourth-order valence-corrected chi connectivity index (χ4v) is 6.36. The van der Waals surface area contributed by atoms with Crippen molar-refractivity contribution >= 4 is 42.3 Å². The van der Waals surface area contributed by atoms with Crippen molar-refractivity contribution in [1.29, 1.82) is 0 Å². The molecule has 43 heavy (non-hydrogen) atoms. The zero-order valence-corrected chi connectivity index (χ0v) is 26.1. The highest BCUT2D eigenvalue weighted by molar-refractivity contribution is 5.99. The lowest BCUT2D eigenvalue weighted by Crippen LogP contribution is -2.60. The van der Waals surface area contributed by atoms with Gasteiger partial charge in [-0.25, -0.2) is 8.78 Å². The number of hydrogen-bond donors (Lipinski definition) is 1. The van der Waals surface area contributed by atoms with Crippen LogP contribution in [0.25, 0.3) is 0 Å². The minimum absolute atomic E-state index is 0. The van der Waals surface area contributed by atoms with Crippen LogP contribution in [-0.4, -0.2) is 71.4 Å². The Hall–Kier alpha value is -3.11. The number of nitrogens with one attached hydrogen (secondary N) is 1. The molecular weight excluding hydrogens is 595 g/mol. The lowest BCUT2D eigenvalue weighted by molar-refractivity contribution is -0.120. The van der Waals surface area contributed by atoms with Crippen molar-refractivity contribution < 1.29 is 18.4 Å². The van der Waals surface area contributed by atoms with E-state index in [4.69, 9.17) is 0 Å². The highest BCUT2D eigenvalue weighted by atomic mass is 35.5. The van der Waals surface area contributed by atoms with Crippen molar-refractivity contribution in [3.05, 3.63) is 94.3 Å². The van der Waals surface area contributed by atoms with Crippen LogP contribution in [0.15, 0.2) is 54.7 Å². The molecule has 2 amide bonds. The van der Waals surface area contributed by atoms with Gasteiger partial charge in [0.1, 0.15) is 11.6 Å². The van der Waals surface area contributed by atoms with Gasteiger partial charge in [-0.2, -0.15) is 0 Å². The predicted octanol–water partition coefficient (Wildman–Crippen LogP) is 4.74. The minimum Gasteiger partial charge on any atom is -0.333 e. The largest absolute Gasteiger partial charge is 0.333 e. The highest BCUT2D eigenvalue weighted by Crippen LogP contribution is 2.40. The molecule has 2 aromatic carbocycles. The summed E-state index contributed by atoms with van der Waals surface area (Å²) < 4.78 is 27.8. The van der Waals surface area contributed by atoms with Crippen LogP contribution in [0.2, 0.25) is 0 Å². The number of carbonyl (C=O) groups is 2. The molecule has 3 aromatic rings. The second kappa shape index (κ2) is 12.9. The Morgan fingerprint density at radius 2 is 1.88 bits per heavy atom. The molecule has 0 radical (unpaired) electrons. The van der Waals surface area contributed by atoms with Crippen LogP contribution in [0.4, 0.5) is 14.5 Å². The van der Waals surface area contributed by atoms with E-state index in [-0.39, 0.29) is 67.1 Å². The summed E-state index contributed by atoms with van der Waals surface area (Å²) in [4.78, 5) is 37.4. The zero-order chi connectivity index (χ0) is 28.9. The fourth-order valence-electron chi connectivity index (χ4n) is 6.36. The molecule has 4 heterocycles. The van der Waals surface area contributed by atoms with Gasteiger partial charge in [0.25, 0.3) is 5.91 Å². The van der Waals surface area contributed by atoms with Crippen molar-refractivity contribution in [1.82, 2.24) is 20.1 Å². The quantitative estimate of drug-likeness (QED) is 0.426. The molecule has 0 bridgehead atoms. The summed E-state index contributed by atoms with van der Waals surface area (Å²) in [7, 11) is 0. The Labute approximate surface area is 263 Å². The van der Waals surface area contributed by atoms with Gasteiger partial charge < -0.3 is 15.1 Å². The number of aromatic nitrogens is 1. The van der Waals surface area contributed by atoms with Gasteiger partial charge >= 0.3 is 0 Å². The number of anilines is 1. The molecule has 1 saturated heterocycles. The Bertz CT molecular complexity index is 1520. The molecule has 230 valence electrons. The van der Waals surface area contributed by atoms with E-state index >= 15 is 0 Å². The van der Waals surface area contributed by atoms with E-state index in [1.807, 2.05) is 40.1 Å². The second-order valence-electron chi connectivity index (χ2n) is 12.2. The normalized spacial score (nSPS) is 20.7. The maximum Gasteiger partial charge on any atom is 0.254 e. The molecule has 1 N–H and O–H groups in total. The van der Waals surface area contributed by atoms with Gasteiger partial charge in [0.2, 0.25) is 5.91 Å². The zero-order valence-electron chi connectivity index (χ0n) is 24.5. The third-order valence-electron chi connectivity index (χ3n) is 8.59. The summed E-state index contributed by atoms with van der Waals surface area (Å²) in [6.45, 7) is 9.54. The van der Waals surface area contributed by atoms with E-state index in [1.54, 1.807) is 6.20 Å². The number of fused-ring (bicyclic) bond motifs is 2. The lowest BCUT2D eigenvalue weighted by atomic mass is 9.88. The van der Waals surface area contributed by atoms with Crippen molar-refractivity contribution in [2.45, 2.75) is 51.2 Å². The number of piperazine rings is 1. The molecule has 1 aromatic heterocycles. The van der Waals surface area contributed by atoms with Crippen molar-refractivity contribution in [2.24, 2.45) is 0 Å². The molecule has 2 atom stereocenters. The summed E-state index contributed by atoms with van der Waals surface area (Å²) in [5.41, 5.74) is 4.24. The van der Waals surface area contributed by atoms with Crippen LogP contribution >= 0.6 is 24.8 Å². The first-order valence-electron chi connectivity index (χ1n) is 14.2. The Balaban J connectivity index is 0.00000212. The summed E-state index contributed by atoms with van der Waals surface area (Å²) in [5.74, 6) is -1.21. The van der Waals surface area contributed by atoms with E-state index in [9.17, 15) is 18.4 Å². The summed E-state index contributed by atoms with van der Waals surface area (Å²) in [6, 6.07) is 13.3. The lowest BCUT2D eigenvalue weighted by Gasteiger charge is -2.41. The van der Waals surface area contributed by atoms with Gasteiger partial charge in [-0.3, -0.25) is 19.5 Å². The number of pyridine rings is 1. The predicted molar refractivity (Wildman–Crippen MR) is 167 cm³/mol. The standard InChI is InChI=1S/C32H35F2N5O2.2ClH/c1-20-15-37(25(13-35-20)17-38-16-22-6-4-5-7-26(22)31(38)41)18-30(40)39-19-32(2,3)27-14-36-24(12-29(27)39)10-21-8-9-23(33)11-28(21)34;;/h4-9,11-12,14,20,25,35H,10,13,15-19H2,1-3H3;2*1H/t20-,25-;;/m1../s1. The fraction of sp³-hybridized carbons (Fsp3) is 0.406. The minimum atomic E-state index is -0.620. The second-order valence-corrected chi connectivity index (χ2v) is 12.2. The van der Waals surface area contributed by atoms with E-state index in [0.29, 0.717) is 44.0 Å². The van der Waals surface area contributed by atoms with Gasteiger partial charge in [0.15, 0.2) is 0 Å². The molecule has 3 aliphatic heterocycles. The first kappa shape index (κ1) is 32.8. The van der Waals surface area contributed by atoms with Gasteiger partial charge in [-0.1, -0.05) is 38.1 Å². The van der Waals surface area contributed by atoms with Crippen LogP contribution in [0.5, 0.6) is 0 Å². The van der Waals surface area contributed by atoms with E-state index < -0.39 is 11.6 Å². The highest BCUT2D eigenvalue weighted by Gasteiger charge is 2.40. The average Bonchev–Trinajstić information content (AvgIpc) is 3.39. The molecule has 0 unspecified atom stereocenters. The van der Waals surface area contributed by atoms with E-state index in [2.05, 4.69) is 36.0 Å². The van der Waals surface area contributed by atoms with Crippen molar-refractivity contribution in [3.63, 3.8) is 0 Å². The molecular formula is C32H37Cl2F2N5O2. The molecule has 0 spiro atoms. The van der Waals surface area contributed by atoms with E-state index in [1.165, 1.54) is 12.1 Å². The SMILES string of the molecule is C[C@@H]1CN(CC(=O)N2CC(C)(C)c3cnc(Cc4ccc(F)cc4F)cc32)[C@@H](CN2Cc3ccccc3C2=O)CN1.Cl.Cl. The monoisotopic (exact) mass is 631 g/mol. The molecule has 6 rings (SSSR count). The number of nitrogens with zero attached hydrogens (tertiary/aromatic N) is 4. The molecule has 7 nitrogen and oxygen atoms in total. The van der Waals surface area contributed by atoms with Crippen LogP contribution < -0.4 is 10.2 Å². The maximum absolute atomic E-state index is 14.3. The van der Waals surface area contributed by atoms with Crippen LogP contribution in [0.1, 0.15) is 53.5 Å². The maximum atomic E-state index is 14.3. The smallest absolute Gasteiger partial charge is 0.254 e. The third-order valence-corrected chi connectivity index (χ3v) is 8.59. The van der Waals surface area contributed by atoms with Crippen molar-refractivity contribution in [2.75, 3.05) is 37.6 Å². The molecule has 11 heteroatoms. The topological polar surface area (TPSA) is 68.8 Å². The number of hydrogen-bond acceptors (Lipinski definition) is 5. The first-order valence-corrected chi connectivity index (χ1v) is 14.2. The summed E-state index contributed by atoms with van der Waals surface area (Å²) in [5, 5.41) is 3.52. The van der Waals surface area contributed by atoms with Gasteiger partial charge in [0, 0.05) is 85.7 Å². The Kier molecular flexibility index (Phi) is 9.81. The number of halogens is 4. The number of rotatable bonds is 6. The van der Waals surface area contributed by atoms with Gasteiger partial charge in [-0.05, 0) is 36.2 Å². The van der Waals surface area contributed by atoms with Crippen molar-refractivity contribution in [3.8, 4) is 0 Å². The third kappa shape index (κ3) is 6.55. The number of benzene rings is 2. The number of carbonyl (C=O) groups excluding carboxylic acids is 2. The molecule has 0 aliphatic carbocycles. The number of amides is 2. The van der Waals surface area contributed by atoms with Crippen LogP contribution in [-0.2, 0) is 23.2 Å². The van der Waals surface area contributed by atoms with Gasteiger partial charge in [0.05, 0.1) is 12.2 Å². The van der Waals surface area contributed by atoms with Crippen LogP contribution in [0, 0.1) is 11.6 Å². The first-order chi connectivity index (χ1) is 19.6. The molecule has 0 saturated carbocycles. The summed E-state index contributed by atoms with van der Waals surface area (Å²) in [6.07, 6.45) is 1.98. The van der Waals surface area contributed by atoms with Gasteiger partial charge in [-0.15, -0.1) is 24.8 Å². The van der Waals surface area contributed by atoms with E-state index in [0.717, 1.165) is 28.4 Å². The average molecular weight is 633 g/mol. The van der Waals surface area contributed by atoms with Crippen LogP contribution in [0.3, 0.4) is 0 Å². The molecule has 1 fully saturated rings.